The Hall–Kier alpha value is -1.96. The molecule has 32 heavy (non-hydrogen) atoms. The molecule has 1 amide bonds. The minimum atomic E-state index is -0.707. The maximum absolute atomic E-state index is 13.8. The average molecular weight is 484 g/mol. The van der Waals surface area contributed by atoms with E-state index in [1.807, 2.05) is 13.8 Å². The SMILES string of the molecule is CC(C)(C)OC(=O)N(C[C@H]1CCOC(C)(C)C1)c1ccc(Cl)c(-c2cc(F)ncc2Cl)n1. The minimum Gasteiger partial charge on any atom is -0.443 e. The van der Waals surface area contributed by atoms with Crippen LogP contribution in [0.5, 0.6) is 0 Å². The fourth-order valence-electron chi connectivity index (χ4n) is 3.72. The van der Waals surface area contributed by atoms with Crippen LogP contribution in [-0.2, 0) is 9.47 Å². The summed E-state index contributed by atoms with van der Waals surface area (Å²) in [7, 11) is 0. The van der Waals surface area contributed by atoms with Gasteiger partial charge in [0.05, 0.1) is 21.3 Å². The van der Waals surface area contributed by atoms with Crippen molar-refractivity contribution in [2.45, 2.75) is 58.7 Å². The first kappa shape index (κ1) is 24.7. The van der Waals surface area contributed by atoms with Crippen molar-refractivity contribution in [1.29, 1.82) is 0 Å². The summed E-state index contributed by atoms with van der Waals surface area (Å²) in [4.78, 5) is 22.8. The lowest BCUT2D eigenvalue weighted by molar-refractivity contribution is -0.0710. The molecule has 1 aliphatic heterocycles. The van der Waals surface area contributed by atoms with Crippen LogP contribution in [0, 0.1) is 11.9 Å². The van der Waals surface area contributed by atoms with Crippen LogP contribution in [0.15, 0.2) is 24.4 Å². The zero-order chi connectivity index (χ0) is 23.7. The van der Waals surface area contributed by atoms with Crippen molar-refractivity contribution in [2.75, 3.05) is 18.1 Å². The standard InChI is InChI=1S/C23H28Cl2FN3O3/c1-22(2,3)32-21(30)29(13-14-8-9-31-23(4,5)11-14)19-7-6-16(24)20(28-19)15-10-18(26)27-12-17(15)25/h6-7,10,12,14H,8-9,11,13H2,1-5H3/t14-/m0/s1. The van der Waals surface area contributed by atoms with Gasteiger partial charge in [-0.1, -0.05) is 23.2 Å². The van der Waals surface area contributed by atoms with E-state index in [4.69, 9.17) is 32.7 Å². The van der Waals surface area contributed by atoms with Gasteiger partial charge in [0.2, 0.25) is 5.95 Å². The number of carbonyl (C=O) groups excluding carboxylic acids is 1. The molecule has 1 fully saturated rings. The number of rotatable bonds is 4. The summed E-state index contributed by atoms with van der Waals surface area (Å²) in [6, 6.07) is 4.42. The van der Waals surface area contributed by atoms with E-state index in [1.165, 1.54) is 17.2 Å². The van der Waals surface area contributed by atoms with E-state index >= 15 is 0 Å². The van der Waals surface area contributed by atoms with Crippen molar-refractivity contribution < 1.29 is 18.7 Å². The van der Waals surface area contributed by atoms with Crippen LogP contribution >= 0.6 is 23.2 Å². The van der Waals surface area contributed by atoms with Gasteiger partial charge in [-0.05, 0) is 65.5 Å². The van der Waals surface area contributed by atoms with Crippen LogP contribution in [0.2, 0.25) is 10.0 Å². The van der Waals surface area contributed by atoms with Crippen molar-refractivity contribution in [3.05, 3.63) is 40.4 Å². The quantitative estimate of drug-likeness (QED) is 0.462. The third-order valence-corrected chi connectivity index (χ3v) is 5.64. The lowest BCUT2D eigenvalue weighted by atomic mass is 9.88. The Kier molecular flexibility index (Phi) is 7.32. The Labute approximate surface area is 198 Å². The first-order valence-electron chi connectivity index (χ1n) is 10.5. The van der Waals surface area contributed by atoms with Crippen LogP contribution in [0.1, 0.15) is 47.5 Å². The van der Waals surface area contributed by atoms with Crippen molar-refractivity contribution in [3.63, 3.8) is 0 Å². The van der Waals surface area contributed by atoms with Gasteiger partial charge in [0.25, 0.3) is 0 Å². The van der Waals surface area contributed by atoms with Gasteiger partial charge >= 0.3 is 6.09 Å². The molecule has 0 bridgehead atoms. The summed E-state index contributed by atoms with van der Waals surface area (Å²) in [6.07, 6.45) is 2.28. The fraction of sp³-hybridized carbons (Fsp3) is 0.522. The Morgan fingerprint density at radius 3 is 2.69 bits per heavy atom. The molecule has 1 aliphatic rings. The highest BCUT2D eigenvalue weighted by molar-refractivity contribution is 6.36. The number of halogens is 3. The summed E-state index contributed by atoms with van der Waals surface area (Å²) in [5, 5.41) is 0.477. The highest BCUT2D eigenvalue weighted by Crippen LogP contribution is 2.35. The van der Waals surface area contributed by atoms with Gasteiger partial charge < -0.3 is 9.47 Å². The van der Waals surface area contributed by atoms with E-state index in [0.29, 0.717) is 24.5 Å². The van der Waals surface area contributed by atoms with Crippen LogP contribution in [-0.4, -0.2) is 40.4 Å². The molecule has 0 unspecified atom stereocenters. The van der Waals surface area contributed by atoms with Crippen LogP contribution in [0.25, 0.3) is 11.3 Å². The number of aromatic nitrogens is 2. The van der Waals surface area contributed by atoms with Crippen molar-refractivity contribution in [1.82, 2.24) is 9.97 Å². The molecule has 1 atom stereocenters. The van der Waals surface area contributed by atoms with Gasteiger partial charge in [-0.25, -0.2) is 14.8 Å². The summed E-state index contributed by atoms with van der Waals surface area (Å²) < 4.78 is 25.3. The highest BCUT2D eigenvalue weighted by atomic mass is 35.5. The first-order chi connectivity index (χ1) is 14.8. The zero-order valence-electron chi connectivity index (χ0n) is 18.9. The molecule has 0 radical (unpaired) electrons. The second-order valence-electron chi connectivity index (χ2n) is 9.54. The van der Waals surface area contributed by atoms with Gasteiger partial charge in [-0.2, -0.15) is 4.39 Å². The van der Waals surface area contributed by atoms with Gasteiger partial charge in [-0.3, -0.25) is 4.90 Å². The van der Waals surface area contributed by atoms with Crippen LogP contribution in [0.3, 0.4) is 0 Å². The normalized spacial score (nSPS) is 18.3. The molecular weight excluding hydrogens is 456 g/mol. The molecule has 174 valence electrons. The minimum absolute atomic E-state index is 0.189. The molecule has 2 aromatic heterocycles. The maximum Gasteiger partial charge on any atom is 0.416 e. The molecule has 6 nitrogen and oxygen atoms in total. The second kappa shape index (κ2) is 9.49. The molecule has 0 N–H and O–H groups in total. The first-order valence-corrected chi connectivity index (χ1v) is 11.2. The molecule has 3 heterocycles. The molecule has 0 spiro atoms. The smallest absolute Gasteiger partial charge is 0.416 e. The van der Waals surface area contributed by atoms with E-state index in [-0.39, 0.29) is 27.3 Å². The molecular formula is C23H28Cl2FN3O3. The third kappa shape index (κ3) is 6.30. The van der Waals surface area contributed by atoms with Crippen LogP contribution in [0.4, 0.5) is 15.0 Å². The molecule has 0 aromatic carbocycles. The number of hydrogen-bond donors (Lipinski definition) is 0. The van der Waals surface area contributed by atoms with Crippen LogP contribution < -0.4 is 4.90 Å². The third-order valence-electron chi connectivity index (χ3n) is 5.04. The molecule has 1 saturated heterocycles. The van der Waals surface area contributed by atoms with E-state index in [1.54, 1.807) is 32.9 Å². The largest absolute Gasteiger partial charge is 0.443 e. The molecule has 0 saturated carbocycles. The number of hydrogen-bond acceptors (Lipinski definition) is 5. The lowest BCUT2D eigenvalue weighted by Crippen LogP contribution is -2.44. The summed E-state index contributed by atoms with van der Waals surface area (Å²) in [5.74, 6) is -0.175. The molecule has 9 heteroatoms. The second-order valence-corrected chi connectivity index (χ2v) is 10.4. The van der Waals surface area contributed by atoms with Crippen molar-refractivity contribution in [2.24, 2.45) is 5.92 Å². The predicted molar refractivity (Wildman–Crippen MR) is 124 cm³/mol. The number of ether oxygens (including phenoxy) is 2. The maximum atomic E-state index is 13.8. The molecule has 0 aliphatic carbocycles. The topological polar surface area (TPSA) is 64.5 Å². The lowest BCUT2D eigenvalue weighted by Gasteiger charge is -2.38. The predicted octanol–water partition coefficient (Wildman–Crippen LogP) is 6.54. The number of anilines is 1. The highest BCUT2D eigenvalue weighted by Gasteiger charge is 2.33. The summed E-state index contributed by atoms with van der Waals surface area (Å²) in [5.41, 5.74) is -0.404. The van der Waals surface area contributed by atoms with E-state index in [2.05, 4.69) is 9.97 Å². The van der Waals surface area contributed by atoms with Crippen molar-refractivity contribution >= 4 is 35.1 Å². The Balaban J connectivity index is 2.00. The molecule has 3 rings (SSSR count). The number of amides is 1. The number of nitrogens with zero attached hydrogens (tertiary/aromatic N) is 3. The van der Waals surface area contributed by atoms with Gasteiger partial charge in [0.15, 0.2) is 0 Å². The van der Waals surface area contributed by atoms with Crippen molar-refractivity contribution in [3.8, 4) is 11.3 Å². The Morgan fingerprint density at radius 1 is 1.31 bits per heavy atom. The summed E-state index contributed by atoms with van der Waals surface area (Å²) in [6.45, 7) is 10.5. The van der Waals surface area contributed by atoms with E-state index in [9.17, 15) is 9.18 Å². The van der Waals surface area contributed by atoms with Gasteiger partial charge in [0.1, 0.15) is 11.4 Å². The number of pyridine rings is 2. The number of carbonyl (C=O) groups is 1. The molecule has 2 aromatic rings. The summed E-state index contributed by atoms with van der Waals surface area (Å²) >= 11 is 12.6. The Bertz CT molecular complexity index is 995. The van der Waals surface area contributed by atoms with Gasteiger partial charge in [0, 0.05) is 31.0 Å². The average Bonchev–Trinajstić information content (AvgIpc) is 2.66. The Morgan fingerprint density at radius 2 is 2.03 bits per heavy atom. The fourth-order valence-corrected chi connectivity index (χ4v) is 4.12. The van der Waals surface area contributed by atoms with E-state index in [0.717, 1.165) is 12.8 Å². The zero-order valence-corrected chi connectivity index (χ0v) is 20.4. The van der Waals surface area contributed by atoms with Gasteiger partial charge in [-0.15, -0.1) is 0 Å². The monoisotopic (exact) mass is 483 g/mol. The van der Waals surface area contributed by atoms with E-state index < -0.39 is 17.6 Å².